The van der Waals surface area contributed by atoms with Crippen LogP contribution in [0.3, 0.4) is 0 Å². The van der Waals surface area contributed by atoms with Crippen molar-refractivity contribution >= 4 is 33.5 Å². The van der Waals surface area contributed by atoms with Crippen LogP contribution in [0.15, 0.2) is 49.9 Å². The number of hydrogen-bond acceptors (Lipinski definition) is 7. The molecule has 10 heteroatoms. The van der Waals surface area contributed by atoms with E-state index in [4.69, 9.17) is 8.83 Å². The van der Waals surface area contributed by atoms with Gasteiger partial charge in [0.1, 0.15) is 0 Å². The van der Waals surface area contributed by atoms with Gasteiger partial charge < -0.3 is 8.83 Å². The van der Waals surface area contributed by atoms with E-state index in [1.54, 1.807) is 12.1 Å². The van der Waals surface area contributed by atoms with Crippen LogP contribution in [0.4, 0.5) is 11.7 Å². The van der Waals surface area contributed by atoms with Crippen LogP contribution in [0.5, 0.6) is 0 Å². The number of amides is 1. The highest BCUT2D eigenvalue weighted by molar-refractivity contribution is 9.10. The van der Waals surface area contributed by atoms with Crippen LogP contribution < -0.4 is 5.32 Å². The minimum Gasteiger partial charge on any atom is -0.444 e. The first-order valence-electron chi connectivity index (χ1n) is 6.18. The number of furan rings is 1. The zero-order valence-corrected chi connectivity index (χ0v) is 12.8. The fourth-order valence-electron chi connectivity index (χ4n) is 1.71. The second kappa shape index (κ2) is 6.01. The lowest BCUT2D eigenvalue weighted by atomic mass is 10.2. The molecule has 0 bridgehead atoms. The minimum atomic E-state index is -0.548. The van der Waals surface area contributed by atoms with Crippen LogP contribution in [-0.2, 0) is 0 Å². The average Bonchev–Trinajstić information content (AvgIpc) is 3.16. The van der Waals surface area contributed by atoms with Gasteiger partial charge in [0, 0.05) is 17.7 Å². The van der Waals surface area contributed by atoms with Gasteiger partial charge in [0.15, 0.2) is 10.4 Å². The zero-order chi connectivity index (χ0) is 16.4. The number of nitrogens with zero attached hydrogens (tertiary/aromatic N) is 3. The third-order valence-corrected chi connectivity index (χ3v) is 3.20. The molecule has 1 N–H and O–H groups in total. The Balaban J connectivity index is 1.73. The molecule has 0 aliphatic heterocycles. The predicted molar refractivity (Wildman–Crippen MR) is 80.7 cm³/mol. The van der Waals surface area contributed by atoms with Gasteiger partial charge >= 0.3 is 6.01 Å². The summed E-state index contributed by atoms with van der Waals surface area (Å²) in [5, 5.41) is 20.4. The Bertz CT molecular complexity index is 871. The predicted octanol–water partition coefficient (Wildman–Crippen LogP) is 3.25. The maximum Gasteiger partial charge on any atom is 0.322 e. The van der Waals surface area contributed by atoms with Gasteiger partial charge in [0.25, 0.3) is 17.5 Å². The monoisotopic (exact) mass is 378 g/mol. The van der Waals surface area contributed by atoms with Crippen molar-refractivity contribution in [3.05, 3.63) is 56.7 Å². The summed E-state index contributed by atoms with van der Waals surface area (Å²) in [5.74, 6) is -0.0781. The number of nitrogens with one attached hydrogen (secondary N) is 1. The molecule has 1 amide bonds. The lowest BCUT2D eigenvalue weighted by Crippen LogP contribution is -2.12. The molecule has 0 spiro atoms. The van der Waals surface area contributed by atoms with Gasteiger partial charge in [0.2, 0.25) is 0 Å². The summed E-state index contributed by atoms with van der Waals surface area (Å²) >= 11 is 3.15. The molecular weight excluding hydrogens is 372 g/mol. The third kappa shape index (κ3) is 3.26. The molecule has 0 saturated heterocycles. The van der Waals surface area contributed by atoms with E-state index in [-0.39, 0.29) is 23.2 Å². The molecule has 23 heavy (non-hydrogen) atoms. The molecule has 0 unspecified atom stereocenters. The van der Waals surface area contributed by atoms with Crippen molar-refractivity contribution in [3.8, 4) is 11.7 Å². The fraction of sp³-hybridized carbons (Fsp3) is 0. The number of non-ortho nitro benzene ring substituents is 1. The van der Waals surface area contributed by atoms with E-state index in [0.717, 1.165) is 0 Å². The van der Waals surface area contributed by atoms with E-state index >= 15 is 0 Å². The summed E-state index contributed by atoms with van der Waals surface area (Å²) in [5.41, 5.74) is 0.112. The molecule has 3 aromatic rings. The SMILES string of the molecule is O=C(Nc1nnc(-c2ccc(Br)o2)o1)c1ccc([N+](=O)[O-])cc1. The van der Waals surface area contributed by atoms with E-state index in [2.05, 4.69) is 31.4 Å². The number of nitro benzene ring substituents is 1. The van der Waals surface area contributed by atoms with Crippen LogP contribution in [0.1, 0.15) is 10.4 Å². The zero-order valence-electron chi connectivity index (χ0n) is 11.2. The standard InChI is InChI=1S/C13H7BrN4O5/c14-10-6-5-9(22-10)12-16-17-13(23-12)15-11(19)7-1-3-8(4-2-7)18(20)21/h1-6H,(H,15,17,19). The highest BCUT2D eigenvalue weighted by Crippen LogP contribution is 2.25. The van der Waals surface area contributed by atoms with Gasteiger partial charge in [-0.05, 0) is 40.2 Å². The number of hydrogen-bond donors (Lipinski definition) is 1. The summed E-state index contributed by atoms with van der Waals surface area (Å²) in [7, 11) is 0. The van der Waals surface area contributed by atoms with E-state index in [9.17, 15) is 14.9 Å². The van der Waals surface area contributed by atoms with Crippen molar-refractivity contribution in [2.24, 2.45) is 0 Å². The molecule has 0 aliphatic carbocycles. The van der Waals surface area contributed by atoms with Crippen LogP contribution >= 0.6 is 15.9 Å². The molecule has 0 atom stereocenters. The average molecular weight is 379 g/mol. The molecule has 0 aliphatic rings. The number of rotatable bonds is 4. The summed E-state index contributed by atoms with van der Waals surface area (Å²) in [6.07, 6.45) is 0. The smallest absolute Gasteiger partial charge is 0.322 e. The van der Waals surface area contributed by atoms with Gasteiger partial charge in [-0.2, -0.15) is 0 Å². The number of anilines is 1. The van der Waals surface area contributed by atoms with Gasteiger partial charge in [-0.15, -0.1) is 5.10 Å². The topological polar surface area (TPSA) is 124 Å². The maximum atomic E-state index is 12.0. The van der Waals surface area contributed by atoms with Crippen molar-refractivity contribution in [1.29, 1.82) is 0 Å². The Labute approximate surface area is 136 Å². The number of nitro groups is 1. The number of carbonyl (C=O) groups is 1. The lowest BCUT2D eigenvalue weighted by molar-refractivity contribution is -0.384. The Kier molecular flexibility index (Phi) is 3.89. The number of halogens is 1. The van der Waals surface area contributed by atoms with Crippen molar-refractivity contribution in [1.82, 2.24) is 10.2 Å². The van der Waals surface area contributed by atoms with Gasteiger partial charge in [-0.3, -0.25) is 20.2 Å². The van der Waals surface area contributed by atoms with Crippen LogP contribution in [0.2, 0.25) is 0 Å². The van der Waals surface area contributed by atoms with Crippen molar-refractivity contribution in [3.63, 3.8) is 0 Å². The highest BCUT2D eigenvalue weighted by atomic mass is 79.9. The van der Waals surface area contributed by atoms with Gasteiger partial charge in [0.05, 0.1) is 4.92 Å². The quantitative estimate of drug-likeness (QED) is 0.545. The van der Waals surface area contributed by atoms with Gasteiger partial charge in [-0.25, -0.2) is 0 Å². The molecule has 2 heterocycles. The van der Waals surface area contributed by atoms with Gasteiger partial charge in [-0.1, -0.05) is 5.10 Å². The van der Waals surface area contributed by atoms with Crippen molar-refractivity contribution in [2.45, 2.75) is 0 Å². The first-order chi connectivity index (χ1) is 11.0. The second-order valence-corrected chi connectivity index (χ2v) is 5.06. The Morgan fingerprint density at radius 2 is 1.87 bits per heavy atom. The molecule has 0 fully saturated rings. The number of carbonyl (C=O) groups excluding carboxylic acids is 1. The molecule has 9 nitrogen and oxygen atoms in total. The van der Waals surface area contributed by atoms with E-state index in [1.807, 2.05) is 0 Å². The largest absolute Gasteiger partial charge is 0.444 e. The van der Waals surface area contributed by atoms with E-state index in [0.29, 0.717) is 10.4 Å². The first kappa shape index (κ1) is 14.9. The molecule has 1 aromatic carbocycles. The Hall–Kier alpha value is -3.01. The second-order valence-electron chi connectivity index (χ2n) is 4.27. The van der Waals surface area contributed by atoms with E-state index in [1.165, 1.54) is 24.3 Å². The molecule has 0 saturated carbocycles. The lowest BCUT2D eigenvalue weighted by Gasteiger charge is -1.99. The maximum absolute atomic E-state index is 12.0. The number of aromatic nitrogens is 2. The van der Waals surface area contributed by atoms with E-state index < -0.39 is 10.8 Å². The Morgan fingerprint density at radius 1 is 1.13 bits per heavy atom. The molecule has 0 radical (unpaired) electrons. The summed E-state index contributed by atoms with van der Waals surface area (Å²) < 4.78 is 11.0. The number of benzene rings is 1. The molecule has 3 rings (SSSR count). The summed E-state index contributed by atoms with van der Waals surface area (Å²) in [6.45, 7) is 0. The fourth-order valence-corrected chi connectivity index (χ4v) is 2.01. The van der Waals surface area contributed by atoms with Crippen molar-refractivity contribution < 1.29 is 18.6 Å². The van der Waals surface area contributed by atoms with Crippen LogP contribution in [0.25, 0.3) is 11.7 Å². The minimum absolute atomic E-state index is 0.106. The van der Waals surface area contributed by atoms with Crippen LogP contribution in [-0.4, -0.2) is 21.0 Å². The molecule has 2 aromatic heterocycles. The van der Waals surface area contributed by atoms with Crippen LogP contribution in [0, 0.1) is 10.1 Å². The third-order valence-electron chi connectivity index (χ3n) is 2.77. The summed E-state index contributed by atoms with van der Waals surface area (Å²) in [6, 6.07) is 8.29. The van der Waals surface area contributed by atoms with Crippen molar-refractivity contribution in [2.75, 3.05) is 5.32 Å². The first-order valence-corrected chi connectivity index (χ1v) is 6.97. The molecule has 116 valence electrons. The highest BCUT2D eigenvalue weighted by Gasteiger charge is 2.15. The normalized spacial score (nSPS) is 10.5. The Morgan fingerprint density at radius 3 is 2.48 bits per heavy atom. The molecular formula is C13H7BrN4O5. The summed E-state index contributed by atoms with van der Waals surface area (Å²) in [4.78, 5) is 22.0.